The average Bonchev–Trinajstić information content (AvgIpc) is 2.28. The van der Waals surface area contributed by atoms with Crippen molar-refractivity contribution in [3.05, 3.63) is 34.9 Å². The highest BCUT2D eigenvalue weighted by atomic mass is 16.5. The predicted octanol–water partition coefficient (Wildman–Crippen LogP) is 3.55. The molecule has 1 aromatic carbocycles. The van der Waals surface area contributed by atoms with Gasteiger partial charge in [-0.15, -0.1) is 0 Å². The molecule has 0 radical (unpaired) electrons. The molecule has 0 saturated carbocycles. The highest BCUT2D eigenvalue weighted by Crippen LogP contribution is 2.13. The number of Topliss-reactive ketones (excluding diaryl/α,β-unsaturated/α-hetero) is 1. The number of carbonyl (C=O) groups excluding carboxylic acids is 1. The van der Waals surface area contributed by atoms with E-state index in [9.17, 15) is 4.79 Å². The standard InChI is InChI=1S/C15H22O2/c1-10(2)9-17-13(5)15(16)14-7-6-11(3)12(4)8-14/h6-8,10,13H,9H2,1-5H3. The van der Waals surface area contributed by atoms with E-state index in [4.69, 9.17) is 4.74 Å². The molecular formula is C15H22O2. The van der Waals surface area contributed by atoms with Crippen LogP contribution < -0.4 is 0 Å². The highest BCUT2D eigenvalue weighted by Gasteiger charge is 2.16. The summed E-state index contributed by atoms with van der Waals surface area (Å²) in [7, 11) is 0. The molecule has 0 aromatic heterocycles. The van der Waals surface area contributed by atoms with Crippen LogP contribution in [0.3, 0.4) is 0 Å². The first-order valence-electron chi connectivity index (χ1n) is 6.15. The number of ketones is 1. The second-order valence-corrected chi connectivity index (χ2v) is 5.03. The van der Waals surface area contributed by atoms with E-state index in [1.165, 1.54) is 5.56 Å². The lowest BCUT2D eigenvalue weighted by Gasteiger charge is -2.14. The van der Waals surface area contributed by atoms with Crippen molar-refractivity contribution in [3.63, 3.8) is 0 Å². The fourth-order valence-corrected chi connectivity index (χ4v) is 1.54. The minimum atomic E-state index is -0.362. The molecule has 0 saturated heterocycles. The van der Waals surface area contributed by atoms with Gasteiger partial charge in [0, 0.05) is 12.2 Å². The van der Waals surface area contributed by atoms with Gasteiger partial charge in [0.15, 0.2) is 5.78 Å². The smallest absolute Gasteiger partial charge is 0.191 e. The molecule has 94 valence electrons. The van der Waals surface area contributed by atoms with Gasteiger partial charge in [-0.05, 0) is 43.9 Å². The summed E-state index contributed by atoms with van der Waals surface area (Å²) in [5.41, 5.74) is 3.09. The van der Waals surface area contributed by atoms with E-state index in [-0.39, 0.29) is 11.9 Å². The van der Waals surface area contributed by atoms with Crippen molar-refractivity contribution in [1.82, 2.24) is 0 Å². The van der Waals surface area contributed by atoms with Crippen molar-refractivity contribution in [3.8, 4) is 0 Å². The van der Waals surface area contributed by atoms with E-state index in [0.717, 1.165) is 11.1 Å². The lowest BCUT2D eigenvalue weighted by molar-refractivity contribution is 0.0385. The van der Waals surface area contributed by atoms with Crippen LogP contribution in [0.1, 0.15) is 42.3 Å². The first-order chi connectivity index (χ1) is 7.91. The Labute approximate surface area is 104 Å². The second kappa shape index (κ2) is 5.97. The van der Waals surface area contributed by atoms with E-state index in [1.54, 1.807) is 0 Å². The average molecular weight is 234 g/mol. The number of carbonyl (C=O) groups is 1. The van der Waals surface area contributed by atoms with E-state index in [0.29, 0.717) is 12.5 Å². The number of aryl methyl sites for hydroxylation is 2. The van der Waals surface area contributed by atoms with Crippen molar-refractivity contribution < 1.29 is 9.53 Å². The summed E-state index contributed by atoms with van der Waals surface area (Å²) < 4.78 is 5.54. The van der Waals surface area contributed by atoms with E-state index < -0.39 is 0 Å². The molecule has 0 aliphatic carbocycles. The molecule has 0 bridgehead atoms. The molecule has 0 fully saturated rings. The molecule has 1 atom stereocenters. The molecule has 1 aromatic rings. The monoisotopic (exact) mass is 234 g/mol. The molecule has 2 heteroatoms. The van der Waals surface area contributed by atoms with Crippen LogP contribution in [-0.4, -0.2) is 18.5 Å². The molecule has 0 heterocycles. The highest BCUT2D eigenvalue weighted by molar-refractivity contribution is 5.99. The lowest BCUT2D eigenvalue weighted by Crippen LogP contribution is -2.23. The fourth-order valence-electron chi connectivity index (χ4n) is 1.54. The third kappa shape index (κ3) is 3.97. The summed E-state index contributed by atoms with van der Waals surface area (Å²) in [6.45, 7) is 10.7. The summed E-state index contributed by atoms with van der Waals surface area (Å²) in [5.74, 6) is 0.513. The van der Waals surface area contributed by atoms with Crippen molar-refractivity contribution in [2.75, 3.05) is 6.61 Å². The Bertz CT molecular complexity index is 394. The zero-order chi connectivity index (χ0) is 13.0. The topological polar surface area (TPSA) is 26.3 Å². The van der Waals surface area contributed by atoms with Gasteiger partial charge in [-0.3, -0.25) is 4.79 Å². The number of rotatable bonds is 5. The molecule has 0 amide bonds. The van der Waals surface area contributed by atoms with Crippen molar-refractivity contribution in [1.29, 1.82) is 0 Å². The van der Waals surface area contributed by atoms with Crippen LogP contribution >= 0.6 is 0 Å². The minimum Gasteiger partial charge on any atom is -0.370 e. The quantitative estimate of drug-likeness (QED) is 0.728. The maximum absolute atomic E-state index is 12.1. The van der Waals surface area contributed by atoms with Gasteiger partial charge in [0.05, 0.1) is 0 Å². The van der Waals surface area contributed by atoms with Crippen LogP contribution in [0.15, 0.2) is 18.2 Å². The van der Waals surface area contributed by atoms with Gasteiger partial charge in [0.1, 0.15) is 6.10 Å². The molecule has 2 nitrogen and oxygen atoms in total. The molecule has 0 spiro atoms. The van der Waals surface area contributed by atoms with Crippen LogP contribution in [0.5, 0.6) is 0 Å². The molecule has 1 rings (SSSR count). The van der Waals surface area contributed by atoms with Crippen LogP contribution in [-0.2, 0) is 4.74 Å². The van der Waals surface area contributed by atoms with Gasteiger partial charge < -0.3 is 4.74 Å². The van der Waals surface area contributed by atoms with Gasteiger partial charge >= 0.3 is 0 Å². The Hall–Kier alpha value is -1.15. The van der Waals surface area contributed by atoms with Crippen LogP contribution in [0.2, 0.25) is 0 Å². The Morgan fingerprint density at radius 1 is 1.18 bits per heavy atom. The van der Waals surface area contributed by atoms with E-state index in [2.05, 4.69) is 13.8 Å². The minimum absolute atomic E-state index is 0.0637. The van der Waals surface area contributed by atoms with Gasteiger partial charge in [-0.25, -0.2) is 0 Å². The molecule has 0 aliphatic rings. The molecule has 0 aliphatic heterocycles. The van der Waals surface area contributed by atoms with Gasteiger partial charge in [0.2, 0.25) is 0 Å². The van der Waals surface area contributed by atoms with Gasteiger partial charge in [-0.2, -0.15) is 0 Å². The Morgan fingerprint density at radius 3 is 2.35 bits per heavy atom. The number of hydrogen-bond acceptors (Lipinski definition) is 2. The van der Waals surface area contributed by atoms with Crippen molar-refractivity contribution >= 4 is 5.78 Å². The zero-order valence-electron chi connectivity index (χ0n) is 11.4. The zero-order valence-corrected chi connectivity index (χ0v) is 11.4. The summed E-state index contributed by atoms with van der Waals surface area (Å²) in [4.78, 5) is 12.1. The van der Waals surface area contributed by atoms with E-state index in [1.807, 2.05) is 39.0 Å². The predicted molar refractivity (Wildman–Crippen MR) is 70.5 cm³/mol. The van der Waals surface area contributed by atoms with E-state index >= 15 is 0 Å². The normalized spacial score (nSPS) is 12.8. The first kappa shape index (κ1) is 13.9. The van der Waals surface area contributed by atoms with Crippen LogP contribution in [0.25, 0.3) is 0 Å². The van der Waals surface area contributed by atoms with Crippen LogP contribution in [0.4, 0.5) is 0 Å². The maximum atomic E-state index is 12.1. The summed E-state index contributed by atoms with van der Waals surface area (Å²) in [6, 6.07) is 5.80. The maximum Gasteiger partial charge on any atom is 0.191 e. The molecular weight excluding hydrogens is 212 g/mol. The fraction of sp³-hybridized carbons (Fsp3) is 0.533. The molecule has 0 N–H and O–H groups in total. The Balaban J connectivity index is 2.71. The molecule has 1 unspecified atom stereocenters. The Morgan fingerprint density at radius 2 is 1.82 bits per heavy atom. The SMILES string of the molecule is Cc1ccc(C(=O)C(C)OCC(C)C)cc1C. The summed E-state index contributed by atoms with van der Waals surface area (Å²) in [5, 5.41) is 0. The summed E-state index contributed by atoms with van der Waals surface area (Å²) >= 11 is 0. The van der Waals surface area contributed by atoms with Crippen molar-refractivity contribution in [2.45, 2.75) is 40.7 Å². The lowest BCUT2D eigenvalue weighted by atomic mass is 10.0. The van der Waals surface area contributed by atoms with Gasteiger partial charge in [0.25, 0.3) is 0 Å². The number of benzene rings is 1. The largest absolute Gasteiger partial charge is 0.370 e. The van der Waals surface area contributed by atoms with Crippen LogP contribution in [0, 0.1) is 19.8 Å². The van der Waals surface area contributed by atoms with Crippen molar-refractivity contribution in [2.24, 2.45) is 5.92 Å². The summed E-state index contributed by atoms with van der Waals surface area (Å²) in [6.07, 6.45) is -0.362. The third-order valence-corrected chi connectivity index (χ3v) is 2.84. The number of ether oxygens (including phenoxy) is 1. The van der Waals surface area contributed by atoms with Gasteiger partial charge in [-0.1, -0.05) is 26.0 Å². The Kier molecular flexibility index (Phi) is 4.88. The second-order valence-electron chi connectivity index (χ2n) is 5.03. The first-order valence-corrected chi connectivity index (χ1v) is 6.15. The number of hydrogen-bond donors (Lipinski definition) is 0. The molecule has 17 heavy (non-hydrogen) atoms. The third-order valence-electron chi connectivity index (χ3n) is 2.84.